The molecule has 25 heavy (non-hydrogen) atoms. The molecule has 0 aliphatic carbocycles. The average molecular weight is 383 g/mol. The first kappa shape index (κ1) is 27.5. The molecule has 0 heterocycles. The van der Waals surface area contributed by atoms with Crippen LogP contribution in [0.25, 0.3) is 0 Å². The molecule has 0 aromatic carbocycles. The van der Waals surface area contributed by atoms with Crippen molar-refractivity contribution in [2.75, 3.05) is 32.8 Å². The fourth-order valence-corrected chi connectivity index (χ4v) is 2.91. The largest absolute Gasteiger partial charge is 1.00 e. The summed E-state index contributed by atoms with van der Waals surface area (Å²) in [5, 5.41) is 28.9. The second-order valence-corrected chi connectivity index (χ2v) is 6.33. The molecule has 1 unspecified atom stereocenters. The van der Waals surface area contributed by atoms with Crippen LogP contribution in [0.2, 0.25) is 0 Å². The minimum Gasteiger partial charge on any atom is -0.550 e. The van der Waals surface area contributed by atoms with Gasteiger partial charge in [0.15, 0.2) is 0 Å². The number of allylic oxidation sites excluding steroid dienone is 1. The van der Waals surface area contributed by atoms with Crippen LogP contribution in [0.15, 0.2) is 12.2 Å². The first-order chi connectivity index (χ1) is 11.5. The van der Waals surface area contributed by atoms with E-state index in [2.05, 4.69) is 19.1 Å². The molecule has 0 aliphatic rings. The summed E-state index contributed by atoms with van der Waals surface area (Å²) >= 11 is 0. The Morgan fingerprint density at radius 2 is 1.56 bits per heavy atom. The molecule has 0 aromatic heterocycles. The Morgan fingerprint density at radius 3 is 2.08 bits per heavy atom. The van der Waals surface area contributed by atoms with Gasteiger partial charge in [-0.05, 0) is 12.8 Å². The summed E-state index contributed by atoms with van der Waals surface area (Å²) in [6, 6.07) is 0. The standard InChI is InChI=1S/C18H33NO5.K/c1-2-3-4-5-6-7-12-19(15-16-20,13-8-10-17(21)22)14-9-11-18(23)24;/h5-6,20H,2-4,7-16H2,1H3,(H-,21,22,23,24);/q;+1/b6-5+;. The van der Waals surface area contributed by atoms with Gasteiger partial charge in [0, 0.05) is 25.2 Å². The quantitative estimate of drug-likeness (QED) is 0.144. The number of carboxylic acid groups (broad SMARTS) is 2. The molecule has 1 atom stereocenters. The van der Waals surface area contributed by atoms with Crippen LogP contribution < -0.4 is 56.5 Å². The van der Waals surface area contributed by atoms with Crippen molar-refractivity contribution in [3.8, 4) is 0 Å². The number of hydrogen-bond donors (Lipinski definition) is 2. The molecular formula is C18H33KNO5+. The molecule has 0 saturated carbocycles. The first-order valence-corrected chi connectivity index (χ1v) is 8.98. The van der Waals surface area contributed by atoms with Crippen molar-refractivity contribution < 1.29 is 80.8 Å². The number of unbranched alkanes of at least 4 members (excludes halogenated alkanes) is 2. The molecule has 0 saturated heterocycles. The van der Waals surface area contributed by atoms with E-state index in [1.54, 1.807) is 0 Å². The van der Waals surface area contributed by atoms with E-state index < -0.39 is 11.9 Å². The molecular weight excluding hydrogens is 349 g/mol. The van der Waals surface area contributed by atoms with Crippen molar-refractivity contribution in [3.05, 3.63) is 12.2 Å². The van der Waals surface area contributed by atoms with E-state index >= 15 is 0 Å². The summed E-state index contributed by atoms with van der Waals surface area (Å²) in [6.07, 6.45) is 9.63. The van der Waals surface area contributed by atoms with Crippen LogP contribution in [-0.2, 0) is 9.59 Å². The van der Waals surface area contributed by atoms with Crippen molar-refractivity contribution in [1.82, 2.24) is 0 Å². The monoisotopic (exact) mass is 382 g/mol. The van der Waals surface area contributed by atoms with Crippen LogP contribution in [0.1, 0.15) is 58.3 Å². The molecule has 0 rings (SSSR count). The van der Waals surface area contributed by atoms with Crippen molar-refractivity contribution in [3.63, 3.8) is 0 Å². The van der Waals surface area contributed by atoms with Crippen LogP contribution in [-0.4, -0.2) is 59.4 Å². The number of quaternary nitrogens is 1. The van der Waals surface area contributed by atoms with Gasteiger partial charge < -0.3 is 24.6 Å². The zero-order valence-electron chi connectivity index (χ0n) is 15.9. The van der Waals surface area contributed by atoms with E-state index in [9.17, 15) is 19.8 Å². The van der Waals surface area contributed by atoms with E-state index in [4.69, 9.17) is 5.11 Å². The third-order valence-electron chi connectivity index (χ3n) is 4.27. The number of aliphatic hydroxyl groups excluding tert-OH is 1. The van der Waals surface area contributed by atoms with E-state index in [1.807, 2.05) is 0 Å². The van der Waals surface area contributed by atoms with Gasteiger partial charge in [0.05, 0.1) is 32.7 Å². The molecule has 0 amide bonds. The Hall–Kier alpha value is 0.236. The van der Waals surface area contributed by atoms with Crippen LogP contribution in [0, 0.1) is 0 Å². The van der Waals surface area contributed by atoms with E-state index in [-0.39, 0.29) is 70.8 Å². The number of nitrogens with zero attached hydrogens (tertiary/aromatic N) is 1. The zero-order chi connectivity index (χ0) is 18.3. The summed E-state index contributed by atoms with van der Waals surface area (Å²) in [5.74, 6) is -1.90. The Labute approximate surface area is 194 Å². The van der Waals surface area contributed by atoms with E-state index in [0.717, 1.165) is 32.2 Å². The van der Waals surface area contributed by atoms with Crippen molar-refractivity contribution in [2.45, 2.75) is 58.3 Å². The Bertz CT molecular complexity index is 368. The number of carboxylic acids is 2. The predicted molar refractivity (Wildman–Crippen MR) is 91.2 cm³/mol. The SMILES string of the molecule is CCCC/C=C/CC[N+](CCO)(CCCC(=O)[O-])CCCC(=O)O.[K+]. The van der Waals surface area contributed by atoms with Crippen molar-refractivity contribution in [1.29, 1.82) is 0 Å². The maximum Gasteiger partial charge on any atom is 1.00 e. The molecule has 0 aromatic rings. The Morgan fingerprint density at radius 1 is 0.960 bits per heavy atom. The summed E-state index contributed by atoms with van der Waals surface area (Å²) < 4.78 is 0.565. The van der Waals surface area contributed by atoms with Gasteiger partial charge in [-0.2, -0.15) is 0 Å². The minimum absolute atomic E-state index is 0. The number of aliphatic hydroxyl groups is 1. The third kappa shape index (κ3) is 16.2. The molecule has 6 nitrogen and oxygen atoms in total. The number of rotatable bonds is 16. The Kier molecular flexibility index (Phi) is 19.4. The van der Waals surface area contributed by atoms with Gasteiger partial charge in [-0.25, -0.2) is 0 Å². The van der Waals surface area contributed by atoms with Crippen LogP contribution >= 0.6 is 0 Å². The van der Waals surface area contributed by atoms with Crippen LogP contribution in [0.4, 0.5) is 0 Å². The third-order valence-corrected chi connectivity index (χ3v) is 4.27. The maximum atomic E-state index is 10.8. The topological polar surface area (TPSA) is 97.7 Å². The molecule has 0 spiro atoms. The fourth-order valence-electron chi connectivity index (χ4n) is 2.91. The number of hydrogen-bond acceptors (Lipinski definition) is 4. The minimum atomic E-state index is -1.07. The number of aliphatic carboxylic acids is 2. The van der Waals surface area contributed by atoms with E-state index in [0.29, 0.717) is 37.0 Å². The second-order valence-electron chi connectivity index (χ2n) is 6.33. The van der Waals surface area contributed by atoms with Crippen molar-refractivity contribution in [2.24, 2.45) is 0 Å². The summed E-state index contributed by atoms with van der Waals surface area (Å²) in [5.41, 5.74) is 0. The predicted octanol–water partition coefficient (Wildman–Crippen LogP) is -1.67. The molecule has 0 radical (unpaired) electrons. The Balaban J connectivity index is 0. The second kappa shape index (κ2) is 17.6. The fraction of sp³-hybridized carbons (Fsp3) is 0.778. The molecule has 2 N–H and O–H groups in total. The zero-order valence-corrected chi connectivity index (χ0v) is 19.0. The van der Waals surface area contributed by atoms with Gasteiger partial charge in [-0.15, -0.1) is 0 Å². The number of carbonyl (C=O) groups is 2. The van der Waals surface area contributed by atoms with Crippen molar-refractivity contribution >= 4 is 11.9 Å². The van der Waals surface area contributed by atoms with Gasteiger partial charge in [-0.3, -0.25) is 4.79 Å². The molecule has 140 valence electrons. The summed E-state index contributed by atoms with van der Waals surface area (Å²) in [7, 11) is 0. The van der Waals surface area contributed by atoms with Gasteiger partial charge in [0.1, 0.15) is 6.54 Å². The van der Waals surface area contributed by atoms with Gasteiger partial charge in [-0.1, -0.05) is 31.9 Å². The smallest absolute Gasteiger partial charge is 0.550 e. The van der Waals surface area contributed by atoms with Gasteiger partial charge >= 0.3 is 57.4 Å². The summed E-state index contributed by atoms with van der Waals surface area (Å²) in [4.78, 5) is 21.4. The summed E-state index contributed by atoms with van der Waals surface area (Å²) in [6.45, 7) is 4.74. The molecule has 0 fully saturated rings. The molecule has 7 heteroatoms. The van der Waals surface area contributed by atoms with Crippen LogP contribution in [0.5, 0.6) is 0 Å². The average Bonchev–Trinajstić information content (AvgIpc) is 2.50. The van der Waals surface area contributed by atoms with Gasteiger partial charge in [0.2, 0.25) is 0 Å². The number of carbonyl (C=O) groups excluding carboxylic acids is 1. The maximum absolute atomic E-state index is 10.8. The first-order valence-electron chi connectivity index (χ1n) is 8.98. The normalized spacial score (nSPS) is 13.4. The van der Waals surface area contributed by atoms with E-state index in [1.165, 1.54) is 0 Å². The molecule has 0 bridgehead atoms. The molecule has 0 aliphatic heterocycles. The van der Waals surface area contributed by atoms with Gasteiger partial charge in [0.25, 0.3) is 0 Å². The van der Waals surface area contributed by atoms with Crippen LogP contribution in [0.3, 0.4) is 0 Å².